The molecule has 130 valence electrons. The normalized spacial score (nSPS) is 18.4. The van der Waals surface area contributed by atoms with Gasteiger partial charge in [-0.1, -0.05) is 44.2 Å². The number of carbonyl (C=O) groups excluding carboxylic acids is 1. The molecule has 4 nitrogen and oxygen atoms in total. The topological polar surface area (TPSA) is 57.2 Å². The lowest BCUT2D eigenvalue weighted by atomic mass is 9.91. The molecule has 0 spiro atoms. The third-order valence-electron chi connectivity index (χ3n) is 4.98. The van der Waals surface area contributed by atoms with Gasteiger partial charge in [-0.15, -0.1) is 0 Å². The zero-order valence-electron chi connectivity index (χ0n) is 15.0. The van der Waals surface area contributed by atoms with Crippen LogP contribution in [0.5, 0.6) is 0 Å². The van der Waals surface area contributed by atoms with E-state index < -0.39 is 0 Å². The standard InChI is InChI=1S/C21H24N2O2/c1-14(2)20-12-17(15(3)25-20)21(24)23-11-7-10-19(23)18(13-22)16-8-5-4-6-9-16/h4-6,8-9,12,14,18-19H,7,10-11H2,1-3H3. The Kier molecular flexibility index (Phi) is 4.94. The zero-order valence-corrected chi connectivity index (χ0v) is 15.0. The number of amides is 1. The van der Waals surface area contributed by atoms with Gasteiger partial charge in [0.1, 0.15) is 11.5 Å². The zero-order chi connectivity index (χ0) is 18.0. The van der Waals surface area contributed by atoms with E-state index in [1.807, 2.05) is 62.1 Å². The number of benzene rings is 1. The first-order valence-corrected chi connectivity index (χ1v) is 8.88. The minimum Gasteiger partial charge on any atom is -0.465 e. The van der Waals surface area contributed by atoms with Crippen molar-refractivity contribution in [1.29, 1.82) is 5.26 Å². The number of aryl methyl sites for hydroxylation is 1. The Labute approximate surface area is 149 Å². The van der Waals surface area contributed by atoms with Crippen molar-refractivity contribution in [3.05, 3.63) is 59.0 Å². The van der Waals surface area contributed by atoms with Gasteiger partial charge in [0.05, 0.1) is 23.6 Å². The number of carbonyl (C=O) groups is 1. The van der Waals surface area contributed by atoms with Gasteiger partial charge in [0, 0.05) is 12.5 Å². The summed E-state index contributed by atoms with van der Waals surface area (Å²) in [6.45, 7) is 6.62. The van der Waals surface area contributed by atoms with Gasteiger partial charge < -0.3 is 9.32 Å². The van der Waals surface area contributed by atoms with E-state index in [1.165, 1.54) is 0 Å². The first kappa shape index (κ1) is 17.3. The summed E-state index contributed by atoms with van der Waals surface area (Å²) in [7, 11) is 0. The Morgan fingerprint density at radius 1 is 1.32 bits per heavy atom. The summed E-state index contributed by atoms with van der Waals surface area (Å²) in [4.78, 5) is 15.0. The van der Waals surface area contributed by atoms with Gasteiger partial charge in [0.25, 0.3) is 5.91 Å². The third kappa shape index (κ3) is 3.32. The fourth-order valence-electron chi connectivity index (χ4n) is 3.59. The lowest BCUT2D eigenvalue weighted by Gasteiger charge is -2.28. The molecule has 1 amide bonds. The highest BCUT2D eigenvalue weighted by molar-refractivity contribution is 5.95. The van der Waals surface area contributed by atoms with E-state index in [2.05, 4.69) is 6.07 Å². The van der Waals surface area contributed by atoms with Crippen molar-refractivity contribution in [1.82, 2.24) is 4.90 Å². The van der Waals surface area contributed by atoms with Crippen LogP contribution in [0.4, 0.5) is 0 Å². The molecule has 0 bridgehead atoms. The van der Waals surface area contributed by atoms with Crippen LogP contribution in [0.15, 0.2) is 40.8 Å². The highest BCUT2D eigenvalue weighted by Crippen LogP contribution is 2.33. The first-order valence-electron chi connectivity index (χ1n) is 8.88. The summed E-state index contributed by atoms with van der Waals surface area (Å²) in [6.07, 6.45) is 1.78. The number of rotatable bonds is 4. The van der Waals surface area contributed by atoms with Crippen LogP contribution in [0, 0.1) is 18.3 Å². The van der Waals surface area contributed by atoms with Gasteiger partial charge in [-0.2, -0.15) is 5.26 Å². The molecule has 0 aliphatic carbocycles. The number of likely N-dealkylation sites (tertiary alicyclic amines) is 1. The summed E-state index contributed by atoms with van der Waals surface area (Å²) >= 11 is 0. The maximum absolute atomic E-state index is 13.1. The second-order valence-corrected chi connectivity index (χ2v) is 7.00. The van der Waals surface area contributed by atoms with E-state index >= 15 is 0 Å². The van der Waals surface area contributed by atoms with Crippen LogP contribution >= 0.6 is 0 Å². The molecule has 2 atom stereocenters. The molecule has 4 heteroatoms. The van der Waals surface area contributed by atoms with Gasteiger partial charge in [-0.3, -0.25) is 4.79 Å². The van der Waals surface area contributed by atoms with Gasteiger partial charge in [0.2, 0.25) is 0 Å². The fourth-order valence-corrected chi connectivity index (χ4v) is 3.59. The van der Waals surface area contributed by atoms with E-state index in [1.54, 1.807) is 0 Å². The van der Waals surface area contributed by atoms with Crippen LogP contribution < -0.4 is 0 Å². The Morgan fingerprint density at radius 3 is 2.64 bits per heavy atom. The molecular weight excluding hydrogens is 312 g/mol. The number of nitrogens with zero attached hydrogens (tertiary/aromatic N) is 2. The molecule has 1 aromatic carbocycles. The Bertz CT molecular complexity index is 786. The second kappa shape index (κ2) is 7.14. The van der Waals surface area contributed by atoms with E-state index in [-0.39, 0.29) is 23.8 Å². The van der Waals surface area contributed by atoms with Crippen molar-refractivity contribution >= 4 is 5.91 Å². The van der Waals surface area contributed by atoms with Gasteiger partial charge in [0.15, 0.2) is 0 Å². The van der Waals surface area contributed by atoms with Crippen molar-refractivity contribution < 1.29 is 9.21 Å². The Balaban J connectivity index is 1.88. The molecule has 2 unspecified atom stereocenters. The molecule has 3 rings (SSSR count). The van der Waals surface area contributed by atoms with Crippen molar-refractivity contribution in [3.8, 4) is 6.07 Å². The largest absolute Gasteiger partial charge is 0.465 e. The molecule has 1 aliphatic heterocycles. The maximum atomic E-state index is 13.1. The molecule has 1 fully saturated rings. The highest BCUT2D eigenvalue weighted by Gasteiger charge is 2.37. The van der Waals surface area contributed by atoms with Crippen LogP contribution in [0.3, 0.4) is 0 Å². The van der Waals surface area contributed by atoms with Crippen LogP contribution in [-0.4, -0.2) is 23.4 Å². The minimum atomic E-state index is -0.301. The molecule has 2 heterocycles. The lowest BCUT2D eigenvalue weighted by molar-refractivity contribution is 0.0726. The summed E-state index contributed by atoms with van der Waals surface area (Å²) < 4.78 is 5.75. The fraction of sp³-hybridized carbons (Fsp3) is 0.429. The summed E-state index contributed by atoms with van der Waals surface area (Å²) in [5.74, 6) is 1.41. The summed E-state index contributed by atoms with van der Waals surface area (Å²) in [5, 5.41) is 9.74. The van der Waals surface area contributed by atoms with Gasteiger partial charge in [-0.05, 0) is 31.4 Å². The van der Waals surface area contributed by atoms with Crippen molar-refractivity contribution in [3.63, 3.8) is 0 Å². The SMILES string of the molecule is Cc1oc(C(C)C)cc1C(=O)N1CCCC1C(C#N)c1ccccc1. The van der Waals surface area contributed by atoms with Gasteiger partial charge in [-0.25, -0.2) is 0 Å². The predicted molar refractivity (Wildman–Crippen MR) is 96.4 cm³/mol. The number of furan rings is 1. The molecule has 2 aromatic rings. The molecule has 1 saturated heterocycles. The second-order valence-electron chi connectivity index (χ2n) is 7.00. The van der Waals surface area contributed by atoms with Crippen molar-refractivity contribution in [2.45, 2.75) is 51.5 Å². The average Bonchev–Trinajstić information content (AvgIpc) is 3.23. The Morgan fingerprint density at radius 2 is 2.04 bits per heavy atom. The molecule has 25 heavy (non-hydrogen) atoms. The van der Waals surface area contributed by atoms with E-state index in [9.17, 15) is 10.1 Å². The number of hydrogen-bond donors (Lipinski definition) is 0. The van der Waals surface area contributed by atoms with Crippen molar-refractivity contribution in [2.24, 2.45) is 0 Å². The monoisotopic (exact) mass is 336 g/mol. The van der Waals surface area contributed by atoms with Crippen molar-refractivity contribution in [2.75, 3.05) is 6.54 Å². The quantitative estimate of drug-likeness (QED) is 0.818. The highest BCUT2D eigenvalue weighted by atomic mass is 16.3. The predicted octanol–water partition coefficient (Wildman–Crippen LogP) is 4.62. The smallest absolute Gasteiger partial charge is 0.257 e. The van der Waals surface area contributed by atoms with E-state index in [0.29, 0.717) is 17.9 Å². The van der Waals surface area contributed by atoms with E-state index in [4.69, 9.17) is 4.42 Å². The molecular formula is C21H24N2O2. The van der Waals surface area contributed by atoms with Crippen LogP contribution in [-0.2, 0) is 0 Å². The first-order chi connectivity index (χ1) is 12.0. The molecule has 0 N–H and O–H groups in total. The molecule has 1 aromatic heterocycles. The van der Waals surface area contributed by atoms with E-state index in [0.717, 1.165) is 24.2 Å². The third-order valence-corrected chi connectivity index (χ3v) is 4.98. The minimum absolute atomic E-state index is 0.0215. The summed E-state index contributed by atoms with van der Waals surface area (Å²) in [6, 6.07) is 14.0. The number of hydrogen-bond acceptors (Lipinski definition) is 3. The van der Waals surface area contributed by atoms with Crippen LogP contribution in [0.1, 0.15) is 66.0 Å². The molecule has 0 radical (unpaired) electrons. The maximum Gasteiger partial charge on any atom is 0.257 e. The average molecular weight is 336 g/mol. The lowest BCUT2D eigenvalue weighted by Crippen LogP contribution is -2.39. The molecule has 0 saturated carbocycles. The number of nitriles is 1. The summed E-state index contributed by atoms with van der Waals surface area (Å²) in [5.41, 5.74) is 1.60. The van der Waals surface area contributed by atoms with Crippen LogP contribution in [0.2, 0.25) is 0 Å². The Hall–Kier alpha value is -2.54. The molecule has 1 aliphatic rings. The van der Waals surface area contributed by atoms with Crippen LogP contribution in [0.25, 0.3) is 0 Å². The van der Waals surface area contributed by atoms with Gasteiger partial charge >= 0.3 is 0 Å².